The second-order valence-corrected chi connectivity index (χ2v) is 5.03. The van der Waals surface area contributed by atoms with Crippen LogP contribution in [0.1, 0.15) is 40.3 Å². The van der Waals surface area contributed by atoms with E-state index in [1.165, 1.54) is 6.20 Å². The van der Waals surface area contributed by atoms with Gasteiger partial charge in [0.1, 0.15) is 0 Å². The SMILES string of the molecule is Cc1ncccc1C(=O)Nc1ccncc1C(=O)C(C)C. The fraction of sp³-hybridized carbons (Fsp3) is 0.250. The highest BCUT2D eigenvalue weighted by molar-refractivity contribution is 6.10. The van der Waals surface area contributed by atoms with Crippen molar-refractivity contribution in [3.05, 3.63) is 53.6 Å². The molecule has 0 saturated heterocycles. The quantitative estimate of drug-likeness (QED) is 0.876. The molecule has 1 N–H and O–H groups in total. The van der Waals surface area contributed by atoms with E-state index in [2.05, 4.69) is 15.3 Å². The minimum absolute atomic E-state index is 0.0543. The van der Waals surface area contributed by atoms with Crippen molar-refractivity contribution in [2.45, 2.75) is 20.8 Å². The molecule has 2 rings (SSSR count). The van der Waals surface area contributed by atoms with Crippen molar-refractivity contribution in [1.82, 2.24) is 9.97 Å². The molecule has 21 heavy (non-hydrogen) atoms. The summed E-state index contributed by atoms with van der Waals surface area (Å²) in [7, 11) is 0. The fourth-order valence-corrected chi connectivity index (χ4v) is 1.92. The molecule has 0 aliphatic carbocycles. The highest BCUT2D eigenvalue weighted by Crippen LogP contribution is 2.19. The Hall–Kier alpha value is -2.56. The average Bonchev–Trinajstić information content (AvgIpc) is 2.47. The maximum Gasteiger partial charge on any atom is 0.257 e. The minimum Gasteiger partial charge on any atom is -0.321 e. The number of rotatable bonds is 4. The number of ketones is 1. The third-order valence-corrected chi connectivity index (χ3v) is 3.11. The van der Waals surface area contributed by atoms with Crippen molar-refractivity contribution >= 4 is 17.4 Å². The first-order valence-electron chi connectivity index (χ1n) is 6.72. The minimum atomic E-state index is -0.287. The van der Waals surface area contributed by atoms with E-state index >= 15 is 0 Å². The smallest absolute Gasteiger partial charge is 0.257 e. The van der Waals surface area contributed by atoms with Gasteiger partial charge in [0.05, 0.1) is 16.8 Å². The van der Waals surface area contributed by atoms with Gasteiger partial charge in [-0.25, -0.2) is 0 Å². The van der Waals surface area contributed by atoms with Crippen molar-refractivity contribution in [2.24, 2.45) is 5.92 Å². The highest BCUT2D eigenvalue weighted by Gasteiger charge is 2.17. The normalized spacial score (nSPS) is 10.5. The summed E-state index contributed by atoms with van der Waals surface area (Å²) in [6.07, 6.45) is 4.66. The number of aromatic nitrogens is 2. The summed E-state index contributed by atoms with van der Waals surface area (Å²) in [4.78, 5) is 32.5. The molecule has 0 spiro atoms. The Bertz CT molecular complexity index is 681. The van der Waals surface area contributed by atoms with Gasteiger partial charge in [0.15, 0.2) is 5.78 Å². The molecule has 108 valence electrons. The standard InChI is InChI=1S/C16H17N3O2/c1-10(2)15(20)13-9-17-8-6-14(13)19-16(21)12-5-4-7-18-11(12)3/h4-10H,1-3H3,(H,17,19,21). The van der Waals surface area contributed by atoms with Crippen molar-refractivity contribution in [2.75, 3.05) is 5.32 Å². The Balaban J connectivity index is 2.30. The number of Topliss-reactive ketones (excluding diaryl/α,β-unsaturated/α-hetero) is 1. The molecule has 0 aliphatic heterocycles. The molecule has 0 atom stereocenters. The number of hydrogen-bond acceptors (Lipinski definition) is 4. The van der Waals surface area contributed by atoms with Crippen molar-refractivity contribution in [3.63, 3.8) is 0 Å². The molecule has 0 aliphatic rings. The number of pyridine rings is 2. The zero-order chi connectivity index (χ0) is 15.4. The van der Waals surface area contributed by atoms with Crippen LogP contribution >= 0.6 is 0 Å². The number of nitrogens with one attached hydrogen (secondary N) is 1. The van der Waals surface area contributed by atoms with Gasteiger partial charge in [0.2, 0.25) is 0 Å². The first-order valence-corrected chi connectivity index (χ1v) is 6.72. The van der Waals surface area contributed by atoms with Crippen molar-refractivity contribution in [3.8, 4) is 0 Å². The van der Waals surface area contributed by atoms with Gasteiger partial charge in [-0.3, -0.25) is 19.6 Å². The first kappa shape index (κ1) is 14.8. The van der Waals surface area contributed by atoms with Crippen molar-refractivity contribution in [1.29, 1.82) is 0 Å². The fourth-order valence-electron chi connectivity index (χ4n) is 1.92. The Morgan fingerprint density at radius 1 is 1.14 bits per heavy atom. The Morgan fingerprint density at radius 3 is 2.57 bits per heavy atom. The van der Waals surface area contributed by atoms with Crippen LogP contribution in [-0.4, -0.2) is 21.7 Å². The van der Waals surface area contributed by atoms with E-state index < -0.39 is 0 Å². The summed E-state index contributed by atoms with van der Waals surface area (Å²) in [5.74, 6) is -0.504. The van der Waals surface area contributed by atoms with Crippen LogP contribution in [0.25, 0.3) is 0 Å². The lowest BCUT2D eigenvalue weighted by molar-refractivity contribution is 0.0940. The molecule has 0 bridgehead atoms. The van der Waals surface area contributed by atoms with Gasteiger partial charge in [0, 0.05) is 30.2 Å². The van der Waals surface area contributed by atoms with Gasteiger partial charge >= 0.3 is 0 Å². The van der Waals surface area contributed by atoms with Crippen LogP contribution in [-0.2, 0) is 0 Å². The van der Waals surface area contributed by atoms with E-state index in [0.29, 0.717) is 22.5 Å². The number of amides is 1. The van der Waals surface area contributed by atoms with Gasteiger partial charge < -0.3 is 5.32 Å². The van der Waals surface area contributed by atoms with Gasteiger partial charge in [-0.1, -0.05) is 13.8 Å². The summed E-state index contributed by atoms with van der Waals surface area (Å²) in [6, 6.07) is 5.02. The second-order valence-electron chi connectivity index (χ2n) is 5.03. The molecule has 0 radical (unpaired) electrons. The Kier molecular flexibility index (Phi) is 4.42. The molecular weight excluding hydrogens is 266 g/mol. The number of anilines is 1. The molecule has 0 fully saturated rings. The number of carbonyl (C=O) groups is 2. The summed E-state index contributed by atoms with van der Waals surface area (Å²) in [5, 5.41) is 2.76. The van der Waals surface area contributed by atoms with Crippen LogP contribution in [0.2, 0.25) is 0 Å². The molecule has 2 aromatic rings. The summed E-state index contributed by atoms with van der Waals surface area (Å²) < 4.78 is 0. The molecular formula is C16H17N3O2. The lowest BCUT2D eigenvalue weighted by atomic mass is 10.0. The van der Waals surface area contributed by atoms with Crippen LogP contribution in [0.3, 0.4) is 0 Å². The second kappa shape index (κ2) is 6.26. The average molecular weight is 283 g/mol. The zero-order valence-corrected chi connectivity index (χ0v) is 12.3. The first-order chi connectivity index (χ1) is 10.0. The molecule has 2 aromatic heterocycles. The number of nitrogens with zero attached hydrogens (tertiary/aromatic N) is 2. The lowest BCUT2D eigenvalue weighted by Crippen LogP contribution is -2.18. The van der Waals surface area contributed by atoms with Gasteiger partial charge in [-0.2, -0.15) is 0 Å². The molecule has 5 nitrogen and oxygen atoms in total. The van der Waals surface area contributed by atoms with Crippen LogP contribution < -0.4 is 5.32 Å². The zero-order valence-electron chi connectivity index (χ0n) is 12.3. The largest absolute Gasteiger partial charge is 0.321 e. The molecule has 1 amide bonds. The topological polar surface area (TPSA) is 72.0 Å². The molecule has 0 aromatic carbocycles. The monoisotopic (exact) mass is 283 g/mol. The van der Waals surface area contributed by atoms with Crippen LogP contribution in [0, 0.1) is 12.8 Å². The van der Waals surface area contributed by atoms with Gasteiger partial charge in [0.25, 0.3) is 5.91 Å². The maximum atomic E-state index is 12.3. The predicted octanol–water partition coefficient (Wildman–Crippen LogP) is 2.88. The van der Waals surface area contributed by atoms with E-state index in [-0.39, 0.29) is 17.6 Å². The van der Waals surface area contributed by atoms with Crippen LogP contribution in [0.4, 0.5) is 5.69 Å². The van der Waals surface area contributed by atoms with E-state index in [4.69, 9.17) is 0 Å². The number of aryl methyl sites for hydroxylation is 1. The van der Waals surface area contributed by atoms with Crippen LogP contribution in [0.15, 0.2) is 36.8 Å². The molecule has 0 saturated carbocycles. The van der Waals surface area contributed by atoms with Crippen LogP contribution in [0.5, 0.6) is 0 Å². The summed E-state index contributed by atoms with van der Waals surface area (Å²) in [6.45, 7) is 5.39. The lowest BCUT2D eigenvalue weighted by Gasteiger charge is -2.12. The molecule has 2 heterocycles. The predicted molar refractivity (Wildman–Crippen MR) is 80.3 cm³/mol. The molecule has 5 heteroatoms. The van der Waals surface area contributed by atoms with E-state index in [9.17, 15) is 9.59 Å². The summed E-state index contributed by atoms with van der Waals surface area (Å²) >= 11 is 0. The third kappa shape index (κ3) is 3.31. The third-order valence-electron chi connectivity index (χ3n) is 3.11. The van der Waals surface area contributed by atoms with Gasteiger partial charge in [-0.05, 0) is 25.1 Å². The number of hydrogen-bond donors (Lipinski definition) is 1. The van der Waals surface area contributed by atoms with E-state index in [1.807, 2.05) is 13.8 Å². The summed E-state index contributed by atoms with van der Waals surface area (Å²) in [5.41, 5.74) is 2.01. The van der Waals surface area contributed by atoms with E-state index in [1.54, 1.807) is 37.5 Å². The Morgan fingerprint density at radius 2 is 1.90 bits per heavy atom. The Labute approximate surface area is 123 Å². The van der Waals surface area contributed by atoms with Gasteiger partial charge in [-0.15, -0.1) is 0 Å². The number of carbonyl (C=O) groups excluding carboxylic acids is 2. The van der Waals surface area contributed by atoms with Crippen molar-refractivity contribution < 1.29 is 9.59 Å². The van der Waals surface area contributed by atoms with E-state index in [0.717, 1.165) is 0 Å². The molecule has 0 unspecified atom stereocenters. The maximum absolute atomic E-state index is 12.3. The highest BCUT2D eigenvalue weighted by atomic mass is 16.2.